The summed E-state index contributed by atoms with van der Waals surface area (Å²) in [6.45, 7) is -1.14. The predicted octanol–water partition coefficient (Wildman–Crippen LogP) is 1.98. The van der Waals surface area contributed by atoms with Gasteiger partial charge in [0.1, 0.15) is 36.1 Å². The lowest BCUT2D eigenvalue weighted by molar-refractivity contribution is -0.0622. The highest BCUT2D eigenvalue weighted by Gasteiger charge is 2.44. The molecule has 1 saturated carbocycles. The first kappa shape index (κ1) is 27.0. The van der Waals surface area contributed by atoms with Gasteiger partial charge in [-0.3, -0.25) is 9.09 Å². The zero-order valence-corrected chi connectivity index (χ0v) is 21.0. The molecule has 0 aromatic carbocycles. The number of aromatic nitrogens is 3. The molecule has 1 saturated heterocycles. The van der Waals surface area contributed by atoms with Gasteiger partial charge in [-0.1, -0.05) is 12.8 Å². The third kappa shape index (κ3) is 6.26. The predicted molar refractivity (Wildman–Crippen MR) is 124 cm³/mol. The minimum Gasteiger partial charge on any atom is -0.438 e. The molecule has 2 aromatic heterocycles. The number of hydrogen-bond donors (Lipinski definition) is 4. The highest BCUT2D eigenvalue weighted by molar-refractivity contribution is 7.52. The Kier molecular flexibility index (Phi) is 8.68. The van der Waals surface area contributed by atoms with Crippen molar-refractivity contribution in [3.8, 4) is 0 Å². The second-order valence-corrected chi connectivity index (χ2v) is 10.6. The van der Waals surface area contributed by atoms with Gasteiger partial charge in [-0.2, -0.15) is 4.98 Å². The van der Waals surface area contributed by atoms with Gasteiger partial charge in [0.25, 0.3) is 0 Å². The quantitative estimate of drug-likeness (QED) is 0.146. The van der Waals surface area contributed by atoms with Crippen molar-refractivity contribution < 1.29 is 47.9 Å². The molecule has 0 bridgehead atoms. The monoisotopic (exact) mass is 550 g/mol. The fourth-order valence-corrected chi connectivity index (χ4v) is 5.01. The smallest absolute Gasteiger partial charge is 0.438 e. The third-order valence-electron chi connectivity index (χ3n) is 5.99. The summed E-state index contributed by atoms with van der Waals surface area (Å²) in [6.07, 6.45) is -0.604. The summed E-state index contributed by atoms with van der Waals surface area (Å²) in [4.78, 5) is 29.2. The fraction of sp³-hybridized carbons (Fsp3) is 0.650. The van der Waals surface area contributed by atoms with E-state index < -0.39 is 51.4 Å². The van der Waals surface area contributed by atoms with Crippen LogP contribution in [0.5, 0.6) is 0 Å². The van der Waals surface area contributed by atoms with Gasteiger partial charge in [-0.25, -0.2) is 9.78 Å². The Balaban J connectivity index is 1.39. The maximum absolute atomic E-state index is 12.0. The Bertz CT molecular complexity index is 1110. The number of aliphatic hydroxyl groups excluding tert-OH is 2. The van der Waals surface area contributed by atoms with E-state index >= 15 is 0 Å². The van der Waals surface area contributed by atoms with Crippen LogP contribution in [0.3, 0.4) is 0 Å². The molecule has 2 fully saturated rings. The van der Waals surface area contributed by atoms with Crippen LogP contribution < -0.4 is 5.32 Å². The topological polar surface area (TPSA) is 184 Å². The molecule has 16 heteroatoms. The van der Waals surface area contributed by atoms with E-state index in [0.29, 0.717) is 16.9 Å². The molecule has 1 aliphatic carbocycles. The number of nitrogens with one attached hydrogen (secondary N) is 1. The number of carbonyl (C=O) groups excluding carboxylic acids is 1. The first-order valence-electron chi connectivity index (χ1n) is 11.3. The molecule has 2 aliphatic rings. The molecule has 0 spiro atoms. The molecule has 14 nitrogen and oxygen atoms in total. The molecule has 1 unspecified atom stereocenters. The number of carbonyl (C=O) groups is 1. The molecule has 0 amide bonds. The normalized spacial score (nSPS) is 26.2. The number of ether oxygens (including phenoxy) is 4. The summed E-state index contributed by atoms with van der Waals surface area (Å²) in [5.74, 6) is 0.582. The molecule has 4 rings (SSSR count). The van der Waals surface area contributed by atoms with Gasteiger partial charge in [0.15, 0.2) is 6.23 Å². The third-order valence-corrected chi connectivity index (χ3v) is 7.17. The van der Waals surface area contributed by atoms with Crippen molar-refractivity contribution in [3.05, 3.63) is 17.5 Å². The molecule has 4 N–H and O–H groups in total. The first-order valence-corrected chi connectivity index (χ1v) is 13.4. The Morgan fingerprint density at radius 3 is 2.78 bits per heavy atom. The van der Waals surface area contributed by atoms with E-state index in [1.54, 1.807) is 16.8 Å². The van der Waals surface area contributed by atoms with Crippen molar-refractivity contribution in [2.45, 2.75) is 56.3 Å². The number of methoxy groups -OCH3 is 1. The zero-order valence-electron chi connectivity index (χ0n) is 19.4. The zero-order chi connectivity index (χ0) is 25.9. The average Bonchev–Trinajstić information content (AvgIpc) is 3.55. The maximum Gasteiger partial charge on any atom is 0.510 e. The van der Waals surface area contributed by atoms with E-state index in [1.807, 2.05) is 0 Å². The lowest BCUT2D eigenvalue weighted by Crippen LogP contribution is -2.34. The summed E-state index contributed by atoms with van der Waals surface area (Å²) < 4.78 is 37.7. The van der Waals surface area contributed by atoms with Gasteiger partial charge >= 0.3 is 13.8 Å². The van der Waals surface area contributed by atoms with Crippen LogP contribution in [0.4, 0.5) is 10.6 Å². The van der Waals surface area contributed by atoms with Crippen molar-refractivity contribution in [2.75, 3.05) is 32.2 Å². The number of hydrogen-bond acceptors (Lipinski definition) is 12. The summed E-state index contributed by atoms with van der Waals surface area (Å²) in [5.41, 5.74) is 0.409. The second kappa shape index (κ2) is 11.6. The highest BCUT2D eigenvalue weighted by Crippen LogP contribution is 2.42. The lowest BCUT2D eigenvalue weighted by Gasteiger charge is -2.18. The van der Waals surface area contributed by atoms with E-state index in [0.717, 1.165) is 32.8 Å². The standard InChI is InChI=1S/C20H28ClN4O10P/c1-31-20(28)33-9-34-36(29,30)10-32-8-13-14(26)15(27)18(35-13)25-7-6-12-16(22-11-4-2-3-5-11)23-19(21)24-17(12)25/h6-7,11,13-15,18,26-27H,2-5,8-10H2,1H3,(H,29,30)(H,22,23,24)/t13-,14-,15-,18-/m1/s1. The van der Waals surface area contributed by atoms with Crippen molar-refractivity contribution in [1.29, 1.82) is 0 Å². The maximum atomic E-state index is 12.0. The van der Waals surface area contributed by atoms with Crippen LogP contribution >= 0.6 is 19.2 Å². The van der Waals surface area contributed by atoms with Crippen molar-refractivity contribution in [1.82, 2.24) is 14.5 Å². The van der Waals surface area contributed by atoms with Gasteiger partial charge < -0.3 is 43.9 Å². The molecule has 1 aliphatic heterocycles. The number of anilines is 1. The van der Waals surface area contributed by atoms with Crippen LogP contribution in [0.2, 0.25) is 5.28 Å². The average molecular weight is 551 g/mol. The van der Waals surface area contributed by atoms with Crippen molar-refractivity contribution in [2.24, 2.45) is 0 Å². The molecule has 36 heavy (non-hydrogen) atoms. The van der Waals surface area contributed by atoms with Gasteiger partial charge in [0.05, 0.1) is 19.1 Å². The van der Waals surface area contributed by atoms with Crippen LogP contribution in [-0.4, -0.2) is 87.0 Å². The number of rotatable bonds is 10. The molecule has 3 heterocycles. The van der Waals surface area contributed by atoms with Crippen LogP contribution in [0.1, 0.15) is 31.9 Å². The van der Waals surface area contributed by atoms with E-state index in [9.17, 15) is 24.5 Å². The summed E-state index contributed by atoms with van der Waals surface area (Å²) in [5, 5.41) is 25.2. The van der Waals surface area contributed by atoms with E-state index in [-0.39, 0.29) is 17.9 Å². The first-order chi connectivity index (χ1) is 17.2. The molecule has 5 atom stereocenters. The van der Waals surface area contributed by atoms with E-state index in [2.05, 4.69) is 29.3 Å². The van der Waals surface area contributed by atoms with E-state index in [4.69, 9.17) is 21.1 Å². The minimum absolute atomic E-state index is 0.0192. The van der Waals surface area contributed by atoms with Crippen LogP contribution in [-0.2, 0) is 28.0 Å². The van der Waals surface area contributed by atoms with E-state index in [1.165, 1.54) is 0 Å². The SMILES string of the molecule is COC(=O)OCOP(=O)(O)COC[C@H]1O[C@@H](n2ccc3c(NC4CCCC4)nc(Cl)nc32)[C@H](O)[C@@H]1O. The Labute approximate surface area is 210 Å². The largest absolute Gasteiger partial charge is 0.510 e. The Morgan fingerprint density at radius 1 is 1.31 bits per heavy atom. The highest BCUT2D eigenvalue weighted by atomic mass is 35.5. The summed E-state index contributed by atoms with van der Waals surface area (Å²) in [7, 11) is -3.20. The van der Waals surface area contributed by atoms with Crippen molar-refractivity contribution in [3.63, 3.8) is 0 Å². The van der Waals surface area contributed by atoms with Crippen LogP contribution in [0, 0.1) is 0 Å². The molecule has 200 valence electrons. The van der Waals surface area contributed by atoms with Crippen molar-refractivity contribution >= 4 is 42.2 Å². The minimum atomic E-state index is -4.27. The number of nitrogens with zero attached hydrogens (tertiary/aromatic N) is 3. The fourth-order valence-electron chi connectivity index (χ4n) is 4.22. The number of halogens is 1. The van der Waals surface area contributed by atoms with Gasteiger partial charge in [-0.05, 0) is 30.5 Å². The van der Waals surface area contributed by atoms with Gasteiger partial charge in [-0.15, -0.1) is 0 Å². The van der Waals surface area contributed by atoms with Gasteiger partial charge in [0.2, 0.25) is 12.1 Å². The molecule has 0 radical (unpaired) electrons. The number of fused-ring (bicyclic) bond motifs is 1. The molecular formula is C20H28ClN4O10P. The van der Waals surface area contributed by atoms with Crippen LogP contribution in [0.15, 0.2) is 12.3 Å². The Morgan fingerprint density at radius 2 is 2.06 bits per heavy atom. The molecule has 2 aromatic rings. The second-order valence-electron chi connectivity index (χ2n) is 8.46. The molecular weight excluding hydrogens is 523 g/mol. The summed E-state index contributed by atoms with van der Waals surface area (Å²) >= 11 is 6.17. The van der Waals surface area contributed by atoms with Crippen LogP contribution in [0.25, 0.3) is 11.0 Å². The lowest BCUT2D eigenvalue weighted by atomic mass is 10.1. The summed E-state index contributed by atoms with van der Waals surface area (Å²) in [6, 6.07) is 2.06. The number of aliphatic hydroxyl groups is 2. The Hall–Kier alpha value is -2.03. The van der Waals surface area contributed by atoms with Gasteiger partial charge in [0, 0.05) is 12.2 Å².